The summed E-state index contributed by atoms with van der Waals surface area (Å²) in [6.45, 7) is 5.00. The van der Waals surface area contributed by atoms with Crippen LogP contribution in [0.2, 0.25) is 5.02 Å². The van der Waals surface area contributed by atoms with Crippen LogP contribution < -0.4 is 5.32 Å². The van der Waals surface area contributed by atoms with Crippen molar-refractivity contribution in [2.75, 3.05) is 18.4 Å². The molecule has 6 nitrogen and oxygen atoms in total. The van der Waals surface area contributed by atoms with Crippen LogP contribution in [0.5, 0.6) is 0 Å². The molecule has 8 heteroatoms. The molecule has 158 valence electrons. The zero-order chi connectivity index (χ0) is 21.5. The highest BCUT2D eigenvalue weighted by Crippen LogP contribution is 2.30. The van der Waals surface area contributed by atoms with E-state index in [-0.39, 0.29) is 22.2 Å². The molecule has 4 rings (SSSR count). The standard InChI is InChI=1S/C22H23ClN2O4S/c1-14-9-18-16(13-29-20(18)10-15(14)2)11-22(26)24-17-5-6-19(23)21(12-17)30(27,28)25-7-3-4-8-25/h5-6,9-10,12-13H,3-4,7-8,11H2,1-2H3,(H,24,26). The third-order valence-electron chi connectivity index (χ3n) is 5.52. The van der Waals surface area contributed by atoms with Crippen LogP contribution in [0.15, 0.2) is 45.9 Å². The quantitative estimate of drug-likeness (QED) is 0.617. The normalized spacial score (nSPS) is 15.0. The Morgan fingerprint density at radius 1 is 1.13 bits per heavy atom. The number of amides is 1. The molecule has 1 fully saturated rings. The van der Waals surface area contributed by atoms with Gasteiger partial charge in [0.1, 0.15) is 10.5 Å². The van der Waals surface area contributed by atoms with Crippen LogP contribution >= 0.6 is 11.6 Å². The molecule has 0 saturated carbocycles. The van der Waals surface area contributed by atoms with Crippen molar-refractivity contribution in [1.29, 1.82) is 0 Å². The number of hydrogen-bond acceptors (Lipinski definition) is 4. The molecule has 2 aromatic carbocycles. The largest absolute Gasteiger partial charge is 0.464 e. The Morgan fingerprint density at radius 3 is 2.57 bits per heavy atom. The van der Waals surface area contributed by atoms with Gasteiger partial charge in [0.25, 0.3) is 0 Å². The predicted molar refractivity (Wildman–Crippen MR) is 117 cm³/mol. The third-order valence-corrected chi connectivity index (χ3v) is 7.90. The molecule has 1 N–H and O–H groups in total. The number of halogens is 1. The Balaban J connectivity index is 1.55. The first kappa shape index (κ1) is 20.9. The van der Waals surface area contributed by atoms with Crippen LogP contribution in [0.4, 0.5) is 5.69 Å². The van der Waals surface area contributed by atoms with Crippen LogP contribution in [0, 0.1) is 13.8 Å². The number of carbonyl (C=O) groups is 1. The molecule has 1 aromatic heterocycles. The van der Waals surface area contributed by atoms with E-state index in [2.05, 4.69) is 5.32 Å². The van der Waals surface area contributed by atoms with Gasteiger partial charge in [0.15, 0.2) is 0 Å². The minimum atomic E-state index is -3.68. The molecule has 0 bridgehead atoms. The number of fused-ring (bicyclic) bond motifs is 1. The van der Waals surface area contributed by atoms with Crippen LogP contribution in [0.3, 0.4) is 0 Å². The van der Waals surface area contributed by atoms with E-state index in [1.807, 2.05) is 26.0 Å². The first-order valence-corrected chi connectivity index (χ1v) is 11.6. The van der Waals surface area contributed by atoms with Gasteiger partial charge in [-0.2, -0.15) is 4.31 Å². The first-order valence-electron chi connectivity index (χ1n) is 9.82. The van der Waals surface area contributed by atoms with E-state index >= 15 is 0 Å². The van der Waals surface area contributed by atoms with Gasteiger partial charge in [-0.05, 0) is 68.1 Å². The molecule has 1 aliphatic heterocycles. The highest BCUT2D eigenvalue weighted by Gasteiger charge is 2.29. The molecular weight excluding hydrogens is 424 g/mol. The molecule has 30 heavy (non-hydrogen) atoms. The van der Waals surface area contributed by atoms with E-state index < -0.39 is 10.0 Å². The van der Waals surface area contributed by atoms with Crippen molar-refractivity contribution in [3.05, 3.63) is 58.3 Å². The molecular formula is C22H23ClN2O4S. The van der Waals surface area contributed by atoms with Gasteiger partial charge >= 0.3 is 0 Å². The minimum Gasteiger partial charge on any atom is -0.464 e. The number of nitrogens with one attached hydrogen (secondary N) is 1. The molecule has 0 spiro atoms. The summed E-state index contributed by atoms with van der Waals surface area (Å²) in [4.78, 5) is 12.6. The van der Waals surface area contributed by atoms with Crippen LogP contribution in [0.1, 0.15) is 29.5 Å². The van der Waals surface area contributed by atoms with Gasteiger partial charge in [0.2, 0.25) is 15.9 Å². The number of carbonyl (C=O) groups excluding carboxylic acids is 1. The highest BCUT2D eigenvalue weighted by molar-refractivity contribution is 7.89. The summed E-state index contributed by atoms with van der Waals surface area (Å²) in [6.07, 6.45) is 3.39. The second-order valence-electron chi connectivity index (χ2n) is 7.67. The number of rotatable bonds is 5. The van der Waals surface area contributed by atoms with Crippen molar-refractivity contribution in [1.82, 2.24) is 4.31 Å². The average Bonchev–Trinajstić information content (AvgIpc) is 3.35. The molecule has 0 aliphatic carbocycles. The molecule has 3 aromatic rings. The summed E-state index contributed by atoms with van der Waals surface area (Å²) < 4.78 is 32.8. The van der Waals surface area contributed by atoms with E-state index in [4.69, 9.17) is 16.0 Å². The maximum Gasteiger partial charge on any atom is 0.244 e. The fraction of sp³-hybridized carbons (Fsp3) is 0.318. The lowest BCUT2D eigenvalue weighted by Gasteiger charge is -2.17. The molecule has 1 aliphatic rings. The topological polar surface area (TPSA) is 79.6 Å². The SMILES string of the molecule is Cc1cc2occ(CC(=O)Nc3ccc(Cl)c(S(=O)(=O)N4CCCC4)c3)c2cc1C. The van der Waals surface area contributed by atoms with E-state index in [1.54, 1.807) is 12.3 Å². The Bertz CT molecular complexity index is 1230. The number of aryl methyl sites for hydroxylation is 2. The summed E-state index contributed by atoms with van der Waals surface area (Å²) >= 11 is 6.17. The molecule has 0 unspecified atom stereocenters. The Labute approximate surface area is 180 Å². The summed E-state index contributed by atoms with van der Waals surface area (Å²) in [5.41, 5.74) is 4.17. The second kappa shape index (κ2) is 8.06. The van der Waals surface area contributed by atoms with Crippen molar-refractivity contribution in [3.63, 3.8) is 0 Å². The number of sulfonamides is 1. The fourth-order valence-corrected chi connectivity index (χ4v) is 5.72. The van der Waals surface area contributed by atoms with E-state index in [0.29, 0.717) is 18.8 Å². The maximum atomic E-state index is 12.9. The smallest absolute Gasteiger partial charge is 0.244 e. The van der Waals surface area contributed by atoms with Crippen molar-refractivity contribution in [2.45, 2.75) is 38.0 Å². The zero-order valence-corrected chi connectivity index (χ0v) is 18.4. The van der Waals surface area contributed by atoms with E-state index in [1.165, 1.54) is 16.4 Å². The van der Waals surface area contributed by atoms with Gasteiger partial charge in [0, 0.05) is 29.7 Å². The summed E-state index contributed by atoms with van der Waals surface area (Å²) in [5, 5.41) is 3.83. The first-order chi connectivity index (χ1) is 14.3. The fourth-order valence-electron chi connectivity index (χ4n) is 3.70. The van der Waals surface area contributed by atoms with E-state index in [0.717, 1.165) is 40.5 Å². The van der Waals surface area contributed by atoms with Crippen molar-refractivity contribution < 1.29 is 17.6 Å². The third kappa shape index (κ3) is 3.97. The van der Waals surface area contributed by atoms with Gasteiger partial charge < -0.3 is 9.73 Å². The van der Waals surface area contributed by atoms with Gasteiger partial charge in [-0.3, -0.25) is 4.79 Å². The summed E-state index contributed by atoms with van der Waals surface area (Å²) in [5.74, 6) is -0.261. The van der Waals surface area contributed by atoms with Crippen LogP contribution in [-0.4, -0.2) is 31.7 Å². The van der Waals surface area contributed by atoms with Crippen LogP contribution in [0.25, 0.3) is 11.0 Å². The van der Waals surface area contributed by atoms with Crippen molar-refractivity contribution >= 4 is 44.2 Å². The number of nitrogens with zero attached hydrogens (tertiary/aromatic N) is 1. The summed E-state index contributed by atoms with van der Waals surface area (Å²) in [6, 6.07) is 8.50. The van der Waals surface area contributed by atoms with Crippen molar-refractivity contribution in [2.24, 2.45) is 0 Å². The number of benzene rings is 2. The maximum absolute atomic E-state index is 12.9. The van der Waals surface area contributed by atoms with Crippen LogP contribution in [-0.2, 0) is 21.2 Å². The average molecular weight is 447 g/mol. The lowest BCUT2D eigenvalue weighted by Crippen LogP contribution is -2.28. The van der Waals surface area contributed by atoms with Gasteiger partial charge in [-0.1, -0.05) is 11.6 Å². The van der Waals surface area contributed by atoms with E-state index in [9.17, 15) is 13.2 Å². The molecule has 2 heterocycles. The monoisotopic (exact) mass is 446 g/mol. The van der Waals surface area contributed by atoms with Gasteiger partial charge in [0.05, 0.1) is 17.7 Å². The highest BCUT2D eigenvalue weighted by atomic mass is 35.5. The molecule has 1 amide bonds. The zero-order valence-electron chi connectivity index (χ0n) is 16.9. The molecule has 0 radical (unpaired) electrons. The van der Waals surface area contributed by atoms with Gasteiger partial charge in [-0.15, -0.1) is 0 Å². The lowest BCUT2D eigenvalue weighted by molar-refractivity contribution is -0.115. The second-order valence-corrected chi connectivity index (χ2v) is 9.99. The molecule has 0 atom stereocenters. The number of anilines is 1. The minimum absolute atomic E-state index is 0.0173. The van der Waals surface area contributed by atoms with Gasteiger partial charge in [-0.25, -0.2) is 8.42 Å². The number of furan rings is 1. The Kier molecular flexibility index (Phi) is 5.61. The Morgan fingerprint density at radius 2 is 1.83 bits per heavy atom. The lowest BCUT2D eigenvalue weighted by atomic mass is 10.0. The van der Waals surface area contributed by atoms with Crippen molar-refractivity contribution in [3.8, 4) is 0 Å². The Hall–Kier alpha value is -2.35. The predicted octanol–water partition coefficient (Wildman–Crippen LogP) is 4.67. The number of hydrogen-bond donors (Lipinski definition) is 1. The molecule has 1 saturated heterocycles. The summed E-state index contributed by atoms with van der Waals surface area (Å²) in [7, 11) is -3.68.